The van der Waals surface area contributed by atoms with Gasteiger partial charge in [0.25, 0.3) is 0 Å². The van der Waals surface area contributed by atoms with Crippen LogP contribution in [0.15, 0.2) is 59.5 Å². The van der Waals surface area contributed by atoms with Gasteiger partial charge in [-0.15, -0.1) is 0 Å². The largest absolute Gasteiger partial charge is 0.495 e. The number of benzene rings is 2. The van der Waals surface area contributed by atoms with E-state index in [0.717, 1.165) is 38.3 Å². The van der Waals surface area contributed by atoms with Crippen LogP contribution in [0.5, 0.6) is 5.75 Å². The van der Waals surface area contributed by atoms with E-state index in [9.17, 15) is 13.2 Å². The number of ether oxygens (including phenoxy) is 1. The average molecular weight is 526 g/mol. The monoisotopic (exact) mass is 525 g/mol. The first kappa shape index (κ1) is 27.4. The summed E-state index contributed by atoms with van der Waals surface area (Å²) in [5.74, 6) is 0.610. The van der Waals surface area contributed by atoms with Crippen LogP contribution in [0.3, 0.4) is 0 Å². The number of amides is 1. The molecule has 0 bridgehead atoms. The second-order valence-electron chi connectivity index (χ2n) is 10.2. The summed E-state index contributed by atoms with van der Waals surface area (Å²) in [6.07, 6.45) is 5.40. The van der Waals surface area contributed by atoms with E-state index in [1.165, 1.54) is 17.0 Å². The summed E-state index contributed by atoms with van der Waals surface area (Å²) in [7, 11) is -2.21. The Morgan fingerprint density at radius 2 is 1.68 bits per heavy atom. The number of nitrogens with zero attached hydrogens (tertiary/aromatic N) is 3. The lowest BCUT2D eigenvalue weighted by molar-refractivity contribution is -0.138. The molecule has 0 aromatic heterocycles. The highest BCUT2D eigenvalue weighted by molar-refractivity contribution is 7.89. The van der Waals surface area contributed by atoms with Crippen LogP contribution in [-0.2, 0) is 14.8 Å². The van der Waals surface area contributed by atoms with Gasteiger partial charge in [0.05, 0.1) is 7.11 Å². The molecule has 2 aromatic carbocycles. The highest BCUT2D eigenvalue weighted by atomic mass is 32.2. The minimum atomic E-state index is -3.70. The molecule has 0 atom stereocenters. The molecule has 2 fully saturated rings. The second-order valence-corrected chi connectivity index (χ2v) is 12.1. The predicted octanol–water partition coefficient (Wildman–Crippen LogP) is 4.08. The molecular weight excluding hydrogens is 486 g/mol. The van der Waals surface area contributed by atoms with Crippen molar-refractivity contribution >= 4 is 22.0 Å². The molecule has 2 aliphatic rings. The minimum absolute atomic E-state index is 0.125. The van der Waals surface area contributed by atoms with Crippen LogP contribution in [0.4, 0.5) is 0 Å². The number of piperidine rings is 1. The lowest BCUT2D eigenvalue weighted by atomic mass is 9.96. The van der Waals surface area contributed by atoms with Crippen molar-refractivity contribution in [1.82, 2.24) is 14.1 Å². The Bertz CT molecular complexity index is 1180. The van der Waals surface area contributed by atoms with Gasteiger partial charge in [-0.2, -0.15) is 4.31 Å². The van der Waals surface area contributed by atoms with E-state index in [-0.39, 0.29) is 22.6 Å². The Labute approximate surface area is 221 Å². The molecule has 1 amide bonds. The summed E-state index contributed by atoms with van der Waals surface area (Å²) >= 11 is 0. The van der Waals surface area contributed by atoms with Gasteiger partial charge in [-0.1, -0.05) is 62.4 Å². The van der Waals surface area contributed by atoms with Crippen molar-refractivity contribution in [3.8, 4) is 5.75 Å². The van der Waals surface area contributed by atoms with Gasteiger partial charge in [-0.05, 0) is 42.0 Å². The van der Waals surface area contributed by atoms with E-state index in [4.69, 9.17) is 4.74 Å². The zero-order valence-electron chi connectivity index (χ0n) is 22.2. The number of rotatable bonds is 8. The summed E-state index contributed by atoms with van der Waals surface area (Å²) < 4.78 is 33.8. The quantitative estimate of drug-likeness (QED) is 0.520. The van der Waals surface area contributed by atoms with Crippen LogP contribution >= 0.6 is 0 Å². The van der Waals surface area contributed by atoms with Crippen molar-refractivity contribution in [3.05, 3.63) is 65.7 Å². The third kappa shape index (κ3) is 6.61. The Hall–Kier alpha value is -2.68. The number of methoxy groups -OCH3 is 1. The van der Waals surface area contributed by atoms with Crippen molar-refractivity contribution in [2.45, 2.75) is 37.5 Å². The van der Waals surface area contributed by atoms with Gasteiger partial charge in [0.2, 0.25) is 15.9 Å². The van der Waals surface area contributed by atoms with E-state index < -0.39 is 10.0 Å². The molecule has 4 rings (SSSR count). The normalized spacial score (nSPS) is 18.5. The predicted molar refractivity (Wildman–Crippen MR) is 147 cm³/mol. The van der Waals surface area contributed by atoms with Gasteiger partial charge in [0.15, 0.2) is 0 Å². The molecule has 0 saturated carbocycles. The molecule has 0 spiro atoms. The van der Waals surface area contributed by atoms with Crippen LogP contribution in [-0.4, -0.2) is 81.4 Å². The van der Waals surface area contributed by atoms with Crippen molar-refractivity contribution < 1.29 is 17.9 Å². The molecule has 0 aliphatic carbocycles. The first-order valence-electron chi connectivity index (χ1n) is 13.2. The van der Waals surface area contributed by atoms with Gasteiger partial charge in [0, 0.05) is 51.7 Å². The lowest BCUT2D eigenvalue weighted by Crippen LogP contribution is -2.51. The Kier molecular flexibility index (Phi) is 9.05. The summed E-state index contributed by atoms with van der Waals surface area (Å²) in [4.78, 5) is 17.7. The Morgan fingerprint density at radius 3 is 2.30 bits per heavy atom. The van der Waals surface area contributed by atoms with Crippen molar-refractivity contribution in [3.63, 3.8) is 0 Å². The molecule has 0 unspecified atom stereocenters. The second kappa shape index (κ2) is 12.2. The van der Waals surface area contributed by atoms with Crippen molar-refractivity contribution in [2.24, 2.45) is 5.92 Å². The van der Waals surface area contributed by atoms with Crippen LogP contribution < -0.4 is 4.74 Å². The third-order valence-electron chi connectivity index (χ3n) is 7.43. The zero-order chi connectivity index (χ0) is 26.4. The lowest BCUT2D eigenvalue weighted by Gasteiger charge is -2.38. The number of sulfonamides is 1. The summed E-state index contributed by atoms with van der Waals surface area (Å²) in [6.45, 7) is 8.78. The van der Waals surface area contributed by atoms with Gasteiger partial charge >= 0.3 is 0 Å². The Balaban J connectivity index is 1.29. The summed E-state index contributed by atoms with van der Waals surface area (Å²) in [5, 5.41) is 0. The van der Waals surface area contributed by atoms with E-state index in [1.807, 2.05) is 43.0 Å². The minimum Gasteiger partial charge on any atom is -0.495 e. The maximum Gasteiger partial charge on any atom is 0.246 e. The van der Waals surface area contributed by atoms with Crippen LogP contribution in [0.25, 0.3) is 6.08 Å². The van der Waals surface area contributed by atoms with Crippen molar-refractivity contribution in [1.29, 1.82) is 0 Å². The van der Waals surface area contributed by atoms with Crippen LogP contribution in [0, 0.1) is 5.92 Å². The van der Waals surface area contributed by atoms with E-state index >= 15 is 0 Å². The molecule has 7 nitrogen and oxygen atoms in total. The number of carbonyl (C=O) groups is 1. The molecule has 2 aliphatic heterocycles. The first-order valence-corrected chi connectivity index (χ1v) is 14.6. The maximum absolute atomic E-state index is 13.5. The van der Waals surface area contributed by atoms with E-state index in [1.54, 1.807) is 12.1 Å². The van der Waals surface area contributed by atoms with E-state index in [2.05, 4.69) is 29.2 Å². The fraction of sp³-hybridized carbons (Fsp3) is 0.483. The molecule has 2 saturated heterocycles. The van der Waals surface area contributed by atoms with E-state index in [0.29, 0.717) is 31.7 Å². The topological polar surface area (TPSA) is 70.2 Å². The molecule has 37 heavy (non-hydrogen) atoms. The molecule has 0 N–H and O–H groups in total. The fourth-order valence-electron chi connectivity index (χ4n) is 5.05. The SMILES string of the molecule is COc1ccc(C(C)C)cc1S(=O)(=O)N1CCC(C(=O)N2CCN(C/C=C/c3ccccc3)CC2)CC1. The smallest absolute Gasteiger partial charge is 0.246 e. The molecule has 0 radical (unpaired) electrons. The standard InChI is InChI=1S/C29H39N3O4S/c1-23(2)26-11-12-27(36-3)28(22-26)37(34,35)32-16-13-25(14-17-32)29(33)31-20-18-30(19-21-31)15-7-10-24-8-5-4-6-9-24/h4-12,22-23,25H,13-21H2,1-3H3/b10-7+. The number of piperazine rings is 1. The number of carbonyl (C=O) groups excluding carboxylic acids is 1. The molecule has 2 heterocycles. The first-order chi connectivity index (χ1) is 17.8. The van der Waals surface area contributed by atoms with Crippen LogP contribution in [0.1, 0.15) is 43.7 Å². The number of hydrogen-bond donors (Lipinski definition) is 0. The zero-order valence-corrected chi connectivity index (χ0v) is 23.0. The number of hydrogen-bond acceptors (Lipinski definition) is 5. The molecule has 200 valence electrons. The maximum atomic E-state index is 13.5. The molecular formula is C29H39N3O4S. The van der Waals surface area contributed by atoms with Crippen LogP contribution in [0.2, 0.25) is 0 Å². The molecule has 2 aromatic rings. The van der Waals surface area contributed by atoms with Gasteiger partial charge in [-0.3, -0.25) is 9.69 Å². The highest BCUT2D eigenvalue weighted by Gasteiger charge is 2.36. The third-order valence-corrected chi connectivity index (χ3v) is 9.35. The fourth-order valence-corrected chi connectivity index (χ4v) is 6.71. The van der Waals surface area contributed by atoms with Gasteiger partial charge < -0.3 is 9.64 Å². The summed E-state index contributed by atoms with van der Waals surface area (Å²) in [6, 6.07) is 15.6. The molecule has 8 heteroatoms. The average Bonchev–Trinajstić information content (AvgIpc) is 2.93. The van der Waals surface area contributed by atoms with Gasteiger partial charge in [-0.25, -0.2) is 8.42 Å². The highest BCUT2D eigenvalue weighted by Crippen LogP contribution is 2.32. The summed E-state index contributed by atoms with van der Waals surface area (Å²) in [5.41, 5.74) is 2.15. The van der Waals surface area contributed by atoms with Gasteiger partial charge in [0.1, 0.15) is 10.6 Å². The Morgan fingerprint density at radius 1 is 1.00 bits per heavy atom. The van der Waals surface area contributed by atoms with Crippen molar-refractivity contribution in [2.75, 3.05) is 52.9 Å².